The van der Waals surface area contributed by atoms with E-state index >= 15 is 0 Å². The zero-order valence-electron chi connectivity index (χ0n) is 21.4. The minimum atomic E-state index is -1.11. The Morgan fingerprint density at radius 3 is 2.85 bits per heavy atom. The maximum atomic E-state index is 12.2. The number of nitrogens with zero attached hydrogens (tertiary/aromatic N) is 5. The van der Waals surface area contributed by atoms with Crippen molar-refractivity contribution in [2.75, 3.05) is 18.6 Å². The summed E-state index contributed by atoms with van der Waals surface area (Å²) < 4.78 is 12.6. The number of carboxylic acid groups (broad SMARTS) is 1. The number of anilines is 1. The average Bonchev–Trinajstić information content (AvgIpc) is 3.51. The van der Waals surface area contributed by atoms with Crippen molar-refractivity contribution < 1.29 is 19.4 Å². The van der Waals surface area contributed by atoms with Gasteiger partial charge in [0.1, 0.15) is 16.4 Å². The normalized spacial score (nSPS) is 16.1. The van der Waals surface area contributed by atoms with Crippen molar-refractivity contribution in [3.8, 4) is 28.3 Å². The molecule has 3 aromatic carbocycles. The first-order chi connectivity index (χ1) is 18.8. The van der Waals surface area contributed by atoms with Crippen LogP contribution in [0.25, 0.3) is 31.8 Å². The van der Waals surface area contributed by atoms with E-state index in [1.807, 2.05) is 32.0 Å². The predicted octanol–water partition coefficient (Wildman–Crippen LogP) is 5.97. The van der Waals surface area contributed by atoms with E-state index < -0.39 is 11.7 Å². The molecule has 0 spiro atoms. The number of methoxy groups -OCH3 is 1. The minimum absolute atomic E-state index is 0.0962. The molecule has 0 bridgehead atoms. The molecule has 1 aliphatic heterocycles. The summed E-state index contributed by atoms with van der Waals surface area (Å²) in [5.74, 6) is 1.17. The molecule has 1 aliphatic rings. The topological polar surface area (TPSA) is 121 Å². The number of nitriles is 1. The Bertz CT molecular complexity index is 1830. The van der Waals surface area contributed by atoms with Gasteiger partial charge < -0.3 is 14.6 Å². The molecule has 0 saturated carbocycles. The molecule has 0 radical (unpaired) electrons. The molecule has 9 nitrogen and oxygen atoms in total. The number of fused-ring (bicyclic) bond motifs is 4. The van der Waals surface area contributed by atoms with Crippen LogP contribution in [0.4, 0.5) is 10.5 Å². The van der Waals surface area contributed by atoms with Crippen LogP contribution in [0.1, 0.15) is 23.6 Å². The first-order valence-electron chi connectivity index (χ1n) is 12.2. The molecular weight excluding hydrogens is 514 g/mol. The molecule has 1 unspecified atom stereocenters. The van der Waals surface area contributed by atoms with Crippen LogP contribution in [0.2, 0.25) is 0 Å². The highest BCUT2D eigenvalue weighted by Gasteiger charge is 2.40. The standard InChI is InChI=1S/C29H23N5O4S/c1-16-9-19(25-22(10-16)32-24(37-3)14-31-25)27-33-21-7-8-23-20(26(21)39-27)12-29(2,38-23)15-34(28(35)36)18-6-4-5-17(11-18)13-30/h4-11,14H,12,15H2,1-3H3,(H,35,36). The van der Waals surface area contributed by atoms with Crippen molar-refractivity contribution >= 4 is 44.4 Å². The molecule has 1 N–H and O–H groups in total. The largest absolute Gasteiger partial charge is 0.485 e. The lowest BCUT2D eigenvalue weighted by atomic mass is 9.98. The first kappa shape index (κ1) is 24.6. The highest BCUT2D eigenvalue weighted by Crippen LogP contribution is 2.44. The van der Waals surface area contributed by atoms with Crippen LogP contribution < -0.4 is 14.4 Å². The Labute approximate surface area is 227 Å². The summed E-state index contributed by atoms with van der Waals surface area (Å²) >= 11 is 1.56. The third kappa shape index (κ3) is 4.36. The van der Waals surface area contributed by atoms with Crippen LogP contribution in [-0.2, 0) is 6.42 Å². The van der Waals surface area contributed by atoms with Crippen molar-refractivity contribution in [3.63, 3.8) is 0 Å². The number of rotatable bonds is 5. The van der Waals surface area contributed by atoms with Crippen LogP contribution in [0, 0.1) is 18.3 Å². The van der Waals surface area contributed by atoms with Crippen molar-refractivity contribution in [2.24, 2.45) is 0 Å². The molecule has 2 aromatic heterocycles. The molecule has 10 heteroatoms. The van der Waals surface area contributed by atoms with E-state index in [0.717, 1.165) is 48.7 Å². The van der Waals surface area contributed by atoms with E-state index in [9.17, 15) is 15.2 Å². The second-order valence-corrected chi connectivity index (χ2v) is 10.8. The zero-order chi connectivity index (χ0) is 27.3. The van der Waals surface area contributed by atoms with Crippen molar-refractivity contribution in [2.45, 2.75) is 25.9 Å². The van der Waals surface area contributed by atoms with Crippen molar-refractivity contribution in [3.05, 3.63) is 71.4 Å². The number of hydrogen-bond donors (Lipinski definition) is 1. The van der Waals surface area contributed by atoms with E-state index in [0.29, 0.717) is 23.6 Å². The highest BCUT2D eigenvalue weighted by molar-refractivity contribution is 7.22. The SMILES string of the molecule is COc1cnc2c(-c3nc4ccc5c(c4s3)CC(C)(CN(C(=O)O)c3cccc(C#N)c3)O5)cc(C)cc2n1. The van der Waals surface area contributed by atoms with Crippen LogP contribution in [-0.4, -0.2) is 45.4 Å². The number of aromatic nitrogens is 3. The number of aryl methyl sites for hydroxylation is 1. The summed E-state index contributed by atoms with van der Waals surface area (Å²) in [4.78, 5) is 27.5. The molecule has 39 heavy (non-hydrogen) atoms. The monoisotopic (exact) mass is 537 g/mol. The van der Waals surface area contributed by atoms with Gasteiger partial charge in [0, 0.05) is 23.2 Å². The Morgan fingerprint density at radius 1 is 1.23 bits per heavy atom. The first-order valence-corrected chi connectivity index (χ1v) is 13.0. The van der Waals surface area contributed by atoms with Gasteiger partial charge in [-0.15, -0.1) is 11.3 Å². The number of amides is 1. The molecule has 1 atom stereocenters. The summed E-state index contributed by atoms with van der Waals surface area (Å²) in [6, 6.07) is 16.5. The lowest BCUT2D eigenvalue weighted by Crippen LogP contribution is -2.46. The van der Waals surface area contributed by atoms with Gasteiger partial charge >= 0.3 is 6.09 Å². The molecule has 6 rings (SSSR count). The number of hydrogen-bond acceptors (Lipinski definition) is 8. The average molecular weight is 538 g/mol. The predicted molar refractivity (Wildman–Crippen MR) is 149 cm³/mol. The quantitative estimate of drug-likeness (QED) is 0.291. The third-order valence-corrected chi connectivity index (χ3v) is 7.91. The number of benzene rings is 3. The molecule has 5 aromatic rings. The van der Waals surface area contributed by atoms with Gasteiger partial charge in [-0.2, -0.15) is 5.26 Å². The molecule has 3 heterocycles. The zero-order valence-corrected chi connectivity index (χ0v) is 22.2. The summed E-state index contributed by atoms with van der Waals surface area (Å²) in [5, 5.41) is 20.1. The molecule has 0 aliphatic carbocycles. The van der Waals surface area contributed by atoms with E-state index in [1.54, 1.807) is 48.9 Å². The van der Waals surface area contributed by atoms with Gasteiger partial charge in [0.05, 0.1) is 52.7 Å². The van der Waals surface area contributed by atoms with E-state index in [2.05, 4.69) is 22.1 Å². The Hall–Kier alpha value is -4.75. The van der Waals surface area contributed by atoms with Gasteiger partial charge in [0.25, 0.3) is 0 Å². The second-order valence-electron chi connectivity index (χ2n) is 9.76. The van der Waals surface area contributed by atoms with Crippen molar-refractivity contribution in [1.82, 2.24) is 15.0 Å². The van der Waals surface area contributed by atoms with Gasteiger partial charge in [0.15, 0.2) is 0 Å². The van der Waals surface area contributed by atoms with E-state index in [-0.39, 0.29) is 6.54 Å². The Morgan fingerprint density at radius 2 is 2.08 bits per heavy atom. The van der Waals surface area contributed by atoms with Gasteiger partial charge in [-0.1, -0.05) is 6.07 Å². The fraction of sp³-hybridized carbons (Fsp3) is 0.207. The molecule has 0 saturated heterocycles. The van der Waals surface area contributed by atoms with Crippen LogP contribution in [0.15, 0.2) is 54.7 Å². The number of ether oxygens (including phenoxy) is 2. The Balaban J connectivity index is 1.37. The molecule has 194 valence electrons. The van der Waals surface area contributed by atoms with Gasteiger partial charge in [-0.3, -0.25) is 4.90 Å². The fourth-order valence-electron chi connectivity index (χ4n) is 5.03. The lowest BCUT2D eigenvalue weighted by Gasteiger charge is -2.30. The summed E-state index contributed by atoms with van der Waals surface area (Å²) in [7, 11) is 1.57. The van der Waals surface area contributed by atoms with E-state index in [1.165, 1.54) is 4.90 Å². The molecular formula is C29H23N5O4S. The number of thiazole rings is 1. The lowest BCUT2D eigenvalue weighted by molar-refractivity contribution is 0.119. The molecule has 0 fully saturated rings. The minimum Gasteiger partial charge on any atom is -0.485 e. The summed E-state index contributed by atoms with van der Waals surface area (Å²) in [6.07, 6.45) is 1.00. The smallest absolute Gasteiger partial charge is 0.411 e. The summed E-state index contributed by atoms with van der Waals surface area (Å²) in [6.45, 7) is 4.01. The molecule has 1 amide bonds. The van der Waals surface area contributed by atoms with Crippen molar-refractivity contribution in [1.29, 1.82) is 5.26 Å². The van der Waals surface area contributed by atoms with Gasteiger partial charge in [0.2, 0.25) is 5.88 Å². The van der Waals surface area contributed by atoms with Crippen LogP contribution >= 0.6 is 11.3 Å². The maximum Gasteiger partial charge on any atom is 0.411 e. The van der Waals surface area contributed by atoms with Gasteiger partial charge in [-0.05, 0) is 61.9 Å². The van der Waals surface area contributed by atoms with Crippen LogP contribution in [0.5, 0.6) is 11.6 Å². The number of carbonyl (C=O) groups is 1. The van der Waals surface area contributed by atoms with E-state index in [4.69, 9.17) is 14.5 Å². The second kappa shape index (κ2) is 9.22. The third-order valence-electron chi connectivity index (χ3n) is 6.74. The fourth-order valence-corrected chi connectivity index (χ4v) is 6.14. The summed E-state index contributed by atoms with van der Waals surface area (Å²) in [5.41, 5.74) is 5.27. The Kier molecular flexibility index (Phi) is 5.81. The maximum absolute atomic E-state index is 12.2. The van der Waals surface area contributed by atoms with Gasteiger partial charge in [-0.25, -0.2) is 19.7 Å². The van der Waals surface area contributed by atoms with Crippen LogP contribution in [0.3, 0.4) is 0 Å². The highest BCUT2D eigenvalue weighted by atomic mass is 32.1.